The minimum absolute atomic E-state index is 0.0575. The van der Waals surface area contributed by atoms with E-state index in [1.807, 2.05) is 19.2 Å². The molecular formula is C24H17NO2. The lowest BCUT2D eigenvalue weighted by atomic mass is 9.91. The molecule has 0 radical (unpaired) electrons. The molecule has 1 aliphatic heterocycles. The van der Waals surface area contributed by atoms with Gasteiger partial charge >= 0.3 is 0 Å². The van der Waals surface area contributed by atoms with Crippen LogP contribution < -0.4 is 4.74 Å². The molecule has 2 aromatic heterocycles. The summed E-state index contributed by atoms with van der Waals surface area (Å²) in [4.78, 5) is 4.60. The van der Waals surface area contributed by atoms with E-state index in [9.17, 15) is 0 Å². The number of para-hydroxylation sites is 1. The number of benzene rings is 2. The van der Waals surface area contributed by atoms with Crippen molar-refractivity contribution in [2.45, 2.75) is 18.9 Å². The lowest BCUT2D eigenvalue weighted by molar-refractivity contribution is 0.269. The second-order valence-electron chi connectivity index (χ2n) is 7.24. The standard InChI is InChI=1S/C24H17NO2/c1-14-9-11-19(25-13-14)17-7-4-6-15-16-10-12-21-22(24(16)27-23(15)17)18-5-2-3-8-20(18)26-21/h2-13,18,20H,1H3. The summed E-state index contributed by atoms with van der Waals surface area (Å²) in [5.41, 5.74) is 6.06. The van der Waals surface area contributed by atoms with Crippen LogP contribution in [0, 0.1) is 6.92 Å². The van der Waals surface area contributed by atoms with Gasteiger partial charge in [0.1, 0.15) is 23.0 Å². The summed E-state index contributed by atoms with van der Waals surface area (Å²) in [7, 11) is 0. The minimum atomic E-state index is 0.0575. The van der Waals surface area contributed by atoms with Gasteiger partial charge in [0, 0.05) is 28.1 Å². The number of pyridine rings is 1. The lowest BCUT2D eigenvalue weighted by Gasteiger charge is -2.13. The Hall–Kier alpha value is -3.33. The first-order valence-corrected chi connectivity index (χ1v) is 9.22. The van der Waals surface area contributed by atoms with E-state index in [4.69, 9.17) is 9.15 Å². The molecule has 2 aromatic carbocycles. The molecule has 0 saturated carbocycles. The molecule has 3 nitrogen and oxygen atoms in total. The fourth-order valence-corrected chi connectivity index (χ4v) is 4.22. The number of hydrogen-bond donors (Lipinski definition) is 0. The van der Waals surface area contributed by atoms with E-state index in [-0.39, 0.29) is 12.0 Å². The molecule has 6 rings (SSSR count). The van der Waals surface area contributed by atoms with Crippen LogP contribution in [0.5, 0.6) is 5.75 Å². The van der Waals surface area contributed by atoms with Gasteiger partial charge in [0.2, 0.25) is 0 Å². The fourth-order valence-electron chi connectivity index (χ4n) is 4.22. The number of furan rings is 1. The Bertz CT molecular complexity index is 1260. The minimum Gasteiger partial charge on any atom is -0.485 e. The van der Waals surface area contributed by atoms with Gasteiger partial charge in [-0.15, -0.1) is 0 Å². The number of ether oxygens (including phenoxy) is 1. The molecule has 0 amide bonds. The number of rotatable bonds is 1. The van der Waals surface area contributed by atoms with Gasteiger partial charge in [-0.2, -0.15) is 0 Å². The van der Waals surface area contributed by atoms with Crippen molar-refractivity contribution in [3.8, 4) is 17.0 Å². The van der Waals surface area contributed by atoms with E-state index in [1.54, 1.807) is 0 Å². The lowest BCUT2D eigenvalue weighted by Crippen LogP contribution is -2.15. The summed E-state index contributed by atoms with van der Waals surface area (Å²) in [5, 5.41) is 2.25. The number of aromatic nitrogens is 1. The summed E-state index contributed by atoms with van der Waals surface area (Å²) < 4.78 is 12.6. The van der Waals surface area contributed by atoms with Crippen molar-refractivity contribution in [2.24, 2.45) is 0 Å². The third-order valence-corrected chi connectivity index (χ3v) is 5.53. The molecule has 3 heteroatoms. The third kappa shape index (κ3) is 2.05. The van der Waals surface area contributed by atoms with E-state index in [0.717, 1.165) is 50.1 Å². The van der Waals surface area contributed by atoms with Crippen molar-refractivity contribution < 1.29 is 9.15 Å². The predicted octanol–water partition coefficient (Wildman–Crippen LogP) is 5.93. The van der Waals surface area contributed by atoms with Crippen molar-refractivity contribution in [3.63, 3.8) is 0 Å². The van der Waals surface area contributed by atoms with Crippen LogP contribution in [0.2, 0.25) is 0 Å². The molecule has 0 saturated heterocycles. The van der Waals surface area contributed by atoms with Crippen molar-refractivity contribution in [3.05, 3.63) is 84.1 Å². The maximum Gasteiger partial charge on any atom is 0.144 e. The van der Waals surface area contributed by atoms with Crippen molar-refractivity contribution in [2.75, 3.05) is 0 Å². The van der Waals surface area contributed by atoms with Gasteiger partial charge in [0.15, 0.2) is 0 Å². The second kappa shape index (κ2) is 5.34. The highest BCUT2D eigenvalue weighted by Gasteiger charge is 2.35. The molecule has 4 aromatic rings. The smallest absolute Gasteiger partial charge is 0.144 e. The molecule has 0 fully saturated rings. The van der Waals surface area contributed by atoms with Gasteiger partial charge in [-0.25, -0.2) is 0 Å². The molecule has 130 valence electrons. The Morgan fingerprint density at radius 3 is 2.67 bits per heavy atom. The van der Waals surface area contributed by atoms with Crippen LogP contribution >= 0.6 is 0 Å². The van der Waals surface area contributed by atoms with Crippen LogP contribution in [0.25, 0.3) is 33.2 Å². The van der Waals surface area contributed by atoms with Crippen LogP contribution in [0.4, 0.5) is 0 Å². The quantitative estimate of drug-likeness (QED) is 0.426. The van der Waals surface area contributed by atoms with Crippen LogP contribution in [-0.4, -0.2) is 11.1 Å². The highest BCUT2D eigenvalue weighted by molar-refractivity contribution is 6.10. The fraction of sp³-hybridized carbons (Fsp3) is 0.125. The average molecular weight is 351 g/mol. The molecule has 2 unspecified atom stereocenters. The molecule has 3 heterocycles. The Morgan fingerprint density at radius 1 is 0.889 bits per heavy atom. The third-order valence-electron chi connectivity index (χ3n) is 5.53. The molecule has 0 bridgehead atoms. The maximum absolute atomic E-state index is 6.48. The summed E-state index contributed by atoms with van der Waals surface area (Å²) in [6.07, 6.45) is 10.4. The van der Waals surface area contributed by atoms with Crippen molar-refractivity contribution in [1.29, 1.82) is 0 Å². The van der Waals surface area contributed by atoms with Gasteiger partial charge in [0.05, 0.1) is 11.6 Å². The summed E-state index contributed by atoms with van der Waals surface area (Å²) in [5.74, 6) is 1.12. The average Bonchev–Trinajstić information content (AvgIpc) is 3.26. The van der Waals surface area contributed by atoms with E-state index < -0.39 is 0 Å². The monoisotopic (exact) mass is 351 g/mol. The van der Waals surface area contributed by atoms with Gasteiger partial charge in [-0.05, 0) is 42.8 Å². The van der Waals surface area contributed by atoms with Crippen LogP contribution in [0.15, 0.2) is 77.4 Å². The molecule has 27 heavy (non-hydrogen) atoms. The first kappa shape index (κ1) is 14.8. The largest absolute Gasteiger partial charge is 0.485 e. The van der Waals surface area contributed by atoms with Gasteiger partial charge < -0.3 is 9.15 Å². The summed E-state index contributed by atoms with van der Waals surface area (Å²) >= 11 is 0. The Labute approximate surface area is 156 Å². The zero-order valence-electron chi connectivity index (χ0n) is 14.8. The van der Waals surface area contributed by atoms with Crippen molar-refractivity contribution in [1.82, 2.24) is 4.98 Å². The maximum atomic E-state index is 6.48. The molecule has 2 atom stereocenters. The highest BCUT2D eigenvalue weighted by atomic mass is 16.5. The van der Waals surface area contributed by atoms with Crippen molar-refractivity contribution >= 4 is 21.9 Å². The zero-order chi connectivity index (χ0) is 18.0. The van der Waals surface area contributed by atoms with E-state index in [2.05, 4.69) is 65.7 Å². The van der Waals surface area contributed by atoms with Crippen LogP contribution in [0.3, 0.4) is 0 Å². The second-order valence-corrected chi connectivity index (χ2v) is 7.24. The molecule has 2 aliphatic rings. The number of aryl methyl sites for hydroxylation is 1. The first-order valence-electron chi connectivity index (χ1n) is 9.22. The number of nitrogens with zero attached hydrogens (tertiary/aromatic N) is 1. The predicted molar refractivity (Wildman–Crippen MR) is 107 cm³/mol. The topological polar surface area (TPSA) is 35.3 Å². The van der Waals surface area contributed by atoms with E-state index in [0.29, 0.717) is 0 Å². The highest BCUT2D eigenvalue weighted by Crippen LogP contribution is 2.48. The van der Waals surface area contributed by atoms with E-state index in [1.165, 1.54) is 0 Å². The molecule has 1 aliphatic carbocycles. The zero-order valence-corrected chi connectivity index (χ0v) is 14.8. The van der Waals surface area contributed by atoms with E-state index >= 15 is 0 Å². The van der Waals surface area contributed by atoms with Crippen LogP contribution in [0.1, 0.15) is 17.0 Å². The van der Waals surface area contributed by atoms with Gasteiger partial charge in [-0.3, -0.25) is 4.98 Å². The molecule has 0 spiro atoms. The SMILES string of the molecule is Cc1ccc(-c2cccc3c2oc2c4c(ccc23)OC2C=CC=CC42)nc1. The number of fused-ring (bicyclic) bond motifs is 7. The molecule has 0 N–H and O–H groups in total. The Balaban J connectivity index is 1.64. The van der Waals surface area contributed by atoms with Gasteiger partial charge in [0.25, 0.3) is 0 Å². The van der Waals surface area contributed by atoms with Gasteiger partial charge in [-0.1, -0.05) is 36.4 Å². The number of allylic oxidation sites excluding steroid dienone is 2. The van der Waals surface area contributed by atoms with Crippen LogP contribution in [-0.2, 0) is 0 Å². The first-order chi connectivity index (χ1) is 13.3. The Morgan fingerprint density at radius 2 is 1.78 bits per heavy atom. The summed E-state index contributed by atoms with van der Waals surface area (Å²) in [6, 6.07) is 14.6. The normalized spacial score (nSPS) is 20.0. The summed E-state index contributed by atoms with van der Waals surface area (Å²) in [6.45, 7) is 2.05. The number of hydrogen-bond acceptors (Lipinski definition) is 3. The Kier molecular flexibility index (Phi) is 2.92. The molecular weight excluding hydrogens is 334 g/mol.